The molecule has 0 radical (unpaired) electrons. The summed E-state index contributed by atoms with van der Waals surface area (Å²) >= 11 is 5.91. The van der Waals surface area contributed by atoms with Gasteiger partial charge in [-0.05, 0) is 36.2 Å². The van der Waals surface area contributed by atoms with Gasteiger partial charge < -0.3 is 19.9 Å². The number of aromatic nitrogens is 2. The Morgan fingerprint density at radius 1 is 1.30 bits per heavy atom. The molecular formula is C22H19ClN4O3. The highest BCUT2D eigenvalue weighted by Crippen LogP contribution is 2.54. The van der Waals surface area contributed by atoms with Crippen LogP contribution in [-0.4, -0.2) is 37.9 Å². The number of phenolic OH excluding ortho intramolecular Hbond substituents is 1. The van der Waals surface area contributed by atoms with E-state index in [4.69, 9.17) is 11.6 Å². The van der Waals surface area contributed by atoms with Crippen molar-refractivity contribution in [1.82, 2.24) is 14.5 Å². The first-order valence-electron chi connectivity index (χ1n) is 9.61. The lowest BCUT2D eigenvalue weighted by Crippen LogP contribution is -2.43. The molecule has 7 nitrogen and oxygen atoms in total. The second kappa shape index (κ2) is 6.60. The molecule has 2 aliphatic heterocycles. The van der Waals surface area contributed by atoms with Crippen molar-refractivity contribution in [3.05, 3.63) is 76.8 Å². The minimum atomic E-state index is -0.931. The van der Waals surface area contributed by atoms with Crippen molar-refractivity contribution in [1.29, 1.82) is 0 Å². The Morgan fingerprint density at radius 3 is 2.83 bits per heavy atom. The van der Waals surface area contributed by atoms with Crippen LogP contribution in [0.25, 0.3) is 0 Å². The number of carbonyl (C=O) groups is 2. The van der Waals surface area contributed by atoms with Crippen LogP contribution in [0.1, 0.15) is 34.2 Å². The fourth-order valence-corrected chi connectivity index (χ4v) is 4.83. The van der Waals surface area contributed by atoms with Gasteiger partial charge in [0.25, 0.3) is 5.91 Å². The number of aromatic hydroxyl groups is 1. The largest absolute Gasteiger partial charge is 0.506 e. The maximum atomic E-state index is 13.5. The molecule has 2 aliphatic rings. The predicted molar refractivity (Wildman–Crippen MR) is 111 cm³/mol. The van der Waals surface area contributed by atoms with Gasteiger partial charge in [0, 0.05) is 37.2 Å². The van der Waals surface area contributed by atoms with Crippen LogP contribution < -0.4 is 5.32 Å². The molecule has 1 spiro atoms. The quantitative estimate of drug-likeness (QED) is 0.663. The van der Waals surface area contributed by atoms with Crippen molar-refractivity contribution in [3.63, 3.8) is 0 Å². The van der Waals surface area contributed by atoms with Crippen LogP contribution in [0.15, 0.2) is 54.9 Å². The summed E-state index contributed by atoms with van der Waals surface area (Å²) in [6, 6.07) is 11.4. The van der Waals surface area contributed by atoms with Crippen molar-refractivity contribution in [2.75, 3.05) is 11.9 Å². The molecule has 1 saturated heterocycles. The van der Waals surface area contributed by atoms with Crippen LogP contribution in [0.3, 0.4) is 0 Å². The minimum Gasteiger partial charge on any atom is -0.506 e. The first-order chi connectivity index (χ1) is 14.4. The van der Waals surface area contributed by atoms with Gasteiger partial charge in [-0.15, -0.1) is 0 Å². The highest BCUT2D eigenvalue weighted by atomic mass is 35.5. The van der Waals surface area contributed by atoms with E-state index < -0.39 is 11.5 Å². The molecule has 2 atom stereocenters. The van der Waals surface area contributed by atoms with Crippen LogP contribution in [0.5, 0.6) is 5.75 Å². The normalized spacial score (nSPS) is 22.4. The molecule has 2 amide bonds. The summed E-state index contributed by atoms with van der Waals surface area (Å²) in [5, 5.41) is 13.1. The number of anilines is 1. The topological polar surface area (TPSA) is 87.5 Å². The maximum absolute atomic E-state index is 13.5. The van der Waals surface area contributed by atoms with Crippen LogP contribution in [0.4, 0.5) is 5.69 Å². The van der Waals surface area contributed by atoms with Gasteiger partial charge in [0.05, 0.1) is 5.02 Å². The molecule has 1 fully saturated rings. The Bertz CT molecular complexity index is 1190. The third-order valence-electron chi connectivity index (χ3n) is 6.14. The zero-order chi connectivity index (χ0) is 21.0. The molecule has 3 aromatic rings. The average molecular weight is 423 g/mol. The number of nitrogens with one attached hydrogen (secondary N) is 1. The number of hydrogen-bond acceptors (Lipinski definition) is 4. The van der Waals surface area contributed by atoms with Crippen molar-refractivity contribution in [2.24, 2.45) is 7.05 Å². The van der Waals surface area contributed by atoms with Gasteiger partial charge in [0.15, 0.2) is 0 Å². The Balaban J connectivity index is 1.67. The molecule has 3 heterocycles. The lowest BCUT2D eigenvalue weighted by atomic mass is 9.74. The van der Waals surface area contributed by atoms with E-state index in [0.29, 0.717) is 24.4 Å². The van der Waals surface area contributed by atoms with Gasteiger partial charge in [0.1, 0.15) is 23.0 Å². The monoisotopic (exact) mass is 422 g/mol. The van der Waals surface area contributed by atoms with E-state index in [1.165, 1.54) is 12.1 Å². The second-order valence-electron chi connectivity index (χ2n) is 7.68. The third-order valence-corrected chi connectivity index (χ3v) is 6.46. The number of amides is 2. The van der Waals surface area contributed by atoms with E-state index in [0.717, 1.165) is 11.3 Å². The highest BCUT2D eigenvalue weighted by Gasteiger charge is 2.60. The maximum Gasteiger partial charge on any atom is 0.254 e. The molecule has 5 rings (SSSR count). The number of benzene rings is 2. The number of aryl methyl sites for hydroxylation is 1. The molecule has 152 valence electrons. The van der Waals surface area contributed by atoms with E-state index in [1.54, 1.807) is 23.4 Å². The van der Waals surface area contributed by atoms with E-state index in [9.17, 15) is 14.7 Å². The molecule has 30 heavy (non-hydrogen) atoms. The molecule has 0 aliphatic carbocycles. The van der Waals surface area contributed by atoms with Gasteiger partial charge in [-0.3, -0.25) is 9.59 Å². The summed E-state index contributed by atoms with van der Waals surface area (Å²) in [6.07, 6.45) is 3.94. The van der Waals surface area contributed by atoms with Crippen molar-refractivity contribution in [3.8, 4) is 5.75 Å². The smallest absolute Gasteiger partial charge is 0.254 e. The van der Waals surface area contributed by atoms with Crippen LogP contribution in [0, 0.1) is 0 Å². The molecule has 2 unspecified atom stereocenters. The zero-order valence-electron chi connectivity index (χ0n) is 16.2. The van der Waals surface area contributed by atoms with Gasteiger partial charge in [-0.1, -0.05) is 29.8 Å². The molecular weight excluding hydrogens is 404 g/mol. The second-order valence-corrected chi connectivity index (χ2v) is 8.09. The molecule has 8 heteroatoms. The Labute approximate surface area is 177 Å². The standard InChI is InChI=1S/C22H19ClN4O3/c1-26-11-9-24-19(26)18-22(14-4-2-3-5-16(14)25-21(22)30)8-10-27(18)20(29)13-6-7-15(23)17(28)12-13/h2-7,9,11-12,18,28H,8,10H2,1H3,(H,25,30). The number of rotatable bonds is 2. The average Bonchev–Trinajstić information content (AvgIpc) is 3.41. The summed E-state index contributed by atoms with van der Waals surface area (Å²) in [6.45, 7) is 0.376. The molecule has 0 saturated carbocycles. The van der Waals surface area contributed by atoms with E-state index in [2.05, 4.69) is 10.3 Å². The van der Waals surface area contributed by atoms with Crippen LogP contribution >= 0.6 is 11.6 Å². The van der Waals surface area contributed by atoms with E-state index in [-0.39, 0.29) is 22.6 Å². The number of fused-ring (bicyclic) bond motifs is 2. The molecule has 2 aromatic carbocycles. The fraction of sp³-hybridized carbons (Fsp3) is 0.227. The third kappa shape index (κ3) is 2.48. The lowest BCUT2D eigenvalue weighted by molar-refractivity contribution is -0.121. The first kappa shape index (κ1) is 18.7. The number of carbonyl (C=O) groups excluding carboxylic acids is 2. The minimum absolute atomic E-state index is 0.133. The van der Waals surface area contributed by atoms with Crippen LogP contribution in [-0.2, 0) is 17.3 Å². The number of halogens is 1. The number of imidazole rings is 1. The van der Waals surface area contributed by atoms with E-state index in [1.807, 2.05) is 35.9 Å². The SMILES string of the molecule is Cn1ccnc1C1N(C(=O)c2ccc(Cl)c(O)c2)CCC12C(=O)Nc1ccccc12. The van der Waals surface area contributed by atoms with E-state index >= 15 is 0 Å². The number of phenols is 1. The number of likely N-dealkylation sites (tertiary alicyclic amines) is 1. The van der Waals surface area contributed by atoms with Crippen LogP contribution in [0.2, 0.25) is 5.02 Å². The molecule has 2 N–H and O–H groups in total. The van der Waals surface area contributed by atoms with Gasteiger partial charge in [0.2, 0.25) is 5.91 Å². The van der Waals surface area contributed by atoms with Gasteiger partial charge >= 0.3 is 0 Å². The summed E-state index contributed by atoms with van der Waals surface area (Å²) in [4.78, 5) is 33.0. The number of nitrogens with zero attached hydrogens (tertiary/aromatic N) is 3. The Morgan fingerprint density at radius 2 is 2.10 bits per heavy atom. The summed E-state index contributed by atoms with van der Waals surface area (Å²) < 4.78 is 1.84. The first-order valence-corrected chi connectivity index (χ1v) is 9.99. The van der Waals surface area contributed by atoms with Crippen molar-refractivity contribution < 1.29 is 14.7 Å². The van der Waals surface area contributed by atoms with Crippen molar-refractivity contribution >= 4 is 29.1 Å². The zero-order valence-corrected chi connectivity index (χ0v) is 16.9. The summed E-state index contributed by atoms with van der Waals surface area (Å²) in [5.74, 6) is 0.0507. The number of para-hydroxylation sites is 1. The number of hydrogen-bond donors (Lipinski definition) is 2. The van der Waals surface area contributed by atoms with Crippen molar-refractivity contribution in [2.45, 2.75) is 17.9 Å². The lowest BCUT2D eigenvalue weighted by Gasteiger charge is -2.33. The Kier molecular flexibility index (Phi) is 4.11. The summed E-state index contributed by atoms with van der Waals surface area (Å²) in [7, 11) is 1.85. The van der Waals surface area contributed by atoms with Gasteiger partial charge in [-0.2, -0.15) is 0 Å². The Hall–Kier alpha value is -3.32. The van der Waals surface area contributed by atoms with Gasteiger partial charge in [-0.25, -0.2) is 4.98 Å². The molecule has 1 aromatic heterocycles. The predicted octanol–water partition coefficient (Wildman–Crippen LogP) is 3.26. The highest BCUT2D eigenvalue weighted by molar-refractivity contribution is 6.32. The molecule has 0 bridgehead atoms. The fourth-order valence-electron chi connectivity index (χ4n) is 4.72. The summed E-state index contributed by atoms with van der Waals surface area (Å²) in [5.41, 5.74) is 1.01.